The van der Waals surface area contributed by atoms with E-state index in [1.54, 1.807) is 6.07 Å². The van der Waals surface area contributed by atoms with Gasteiger partial charge in [0.2, 0.25) is 0 Å². The molecule has 112 valence electrons. The highest BCUT2D eigenvalue weighted by atomic mass is 32.2. The Morgan fingerprint density at radius 1 is 1.20 bits per heavy atom. The van der Waals surface area contributed by atoms with Crippen molar-refractivity contribution in [2.45, 2.75) is 32.2 Å². The number of nitrogens with one attached hydrogen (secondary N) is 2. The molecule has 2 rings (SSSR count). The number of anilines is 1. The van der Waals surface area contributed by atoms with E-state index in [9.17, 15) is 8.42 Å². The van der Waals surface area contributed by atoms with E-state index in [2.05, 4.69) is 10.0 Å². The molecule has 0 aliphatic carbocycles. The molecule has 1 aromatic rings. The molecule has 0 radical (unpaired) electrons. The quantitative estimate of drug-likeness (QED) is 0.875. The lowest BCUT2D eigenvalue weighted by atomic mass is 10.1. The summed E-state index contributed by atoms with van der Waals surface area (Å²) >= 11 is 0. The summed E-state index contributed by atoms with van der Waals surface area (Å²) in [6.07, 6.45) is 3.00. The summed E-state index contributed by atoms with van der Waals surface area (Å²) in [5.41, 5.74) is 1.68. The lowest BCUT2D eigenvalue weighted by Gasteiger charge is -2.26. The van der Waals surface area contributed by atoms with Crippen LogP contribution in [0.15, 0.2) is 24.3 Å². The highest BCUT2D eigenvalue weighted by Crippen LogP contribution is 2.20. The second kappa shape index (κ2) is 6.56. The van der Waals surface area contributed by atoms with E-state index in [-0.39, 0.29) is 6.04 Å². The SMILES string of the molecule is CNC(C)c1cccc(NS(=O)(=O)N2CCCCC2)c1. The van der Waals surface area contributed by atoms with Gasteiger partial charge in [0.15, 0.2) is 0 Å². The third kappa shape index (κ3) is 3.71. The highest BCUT2D eigenvalue weighted by molar-refractivity contribution is 7.90. The summed E-state index contributed by atoms with van der Waals surface area (Å²) in [5, 5.41) is 3.15. The standard InChI is InChI=1S/C14H23N3O2S/c1-12(15-2)13-7-6-8-14(11-13)16-20(18,19)17-9-4-3-5-10-17/h6-8,11-12,15-16H,3-5,9-10H2,1-2H3. The van der Waals surface area contributed by atoms with Crippen molar-refractivity contribution in [1.29, 1.82) is 0 Å². The van der Waals surface area contributed by atoms with Gasteiger partial charge in [-0.15, -0.1) is 0 Å². The van der Waals surface area contributed by atoms with Crippen molar-refractivity contribution in [2.75, 3.05) is 24.9 Å². The van der Waals surface area contributed by atoms with Crippen LogP contribution in [0.2, 0.25) is 0 Å². The summed E-state index contributed by atoms with van der Waals surface area (Å²) in [6, 6.07) is 7.71. The van der Waals surface area contributed by atoms with Gasteiger partial charge in [-0.05, 0) is 44.5 Å². The van der Waals surface area contributed by atoms with Gasteiger partial charge in [0.25, 0.3) is 0 Å². The Hall–Kier alpha value is -1.11. The Morgan fingerprint density at radius 2 is 1.90 bits per heavy atom. The molecular weight excluding hydrogens is 274 g/mol. The summed E-state index contributed by atoms with van der Waals surface area (Å²) in [5.74, 6) is 0. The minimum absolute atomic E-state index is 0.189. The fourth-order valence-electron chi connectivity index (χ4n) is 2.36. The number of rotatable bonds is 5. The van der Waals surface area contributed by atoms with Crippen molar-refractivity contribution in [2.24, 2.45) is 0 Å². The predicted octanol–water partition coefficient (Wildman–Crippen LogP) is 2.11. The van der Waals surface area contributed by atoms with Crippen molar-refractivity contribution in [1.82, 2.24) is 9.62 Å². The van der Waals surface area contributed by atoms with Gasteiger partial charge in [-0.1, -0.05) is 18.6 Å². The van der Waals surface area contributed by atoms with Crippen molar-refractivity contribution >= 4 is 15.9 Å². The Kier molecular flexibility index (Phi) is 5.01. The van der Waals surface area contributed by atoms with Gasteiger partial charge in [0.1, 0.15) is 0 Å². The van der Waals surface area contributed by atoms with Crippen molar-refractivity contribution in [3.8, 4) is 0 Å². The first-order valence-corrected chi connectivity index (χ1v) is 8.52. The maximum absolute atomic E-state index is 12.3. The predicted molar refractivity (Wildman–Crippen MR) is 81.9 cm³/mol. The van der Waals surface area contributed by atoms with E-state index in [4.69, 9.17) is 0 Å². The average Bonchev–Trinajstić information content (AvgIpc) is 2.47. The van der Waals surface area contributed by atoms with E-state index >= 15 is 0 Å². The zero-order chi connectivity index (χ0) is 14.6. The molecular formula is C14H23N3O2S. The molecule has 1 aromatic carbocycles. The number of nitrogens with zero attached hydrogens (tertiary/aromatic N) is 1. The van der Waals surface area contributed by atoms with Crippen LogP contribution in [0.4, 0.5) is 5.69 Å². The van der Waals surface area contributed by atoms with Crippen LogP contribution in [-0.4, -0.2) is 32.9 Å². The van der Waals surface area contributed by atoms with E-state index in [0.29, 0.717) is 18.8 Å². The van der Waals surface area contributed by atoms with Crippen LogP contribution in [0.5, 0.6) is 0 Å². The number of benzene rings is 1. The minimum Gasteiger partial charge on any atom is -0.313 e. The summed E-state index contributed by atoms with van der Waals surface area (Å²) in [4.78, 5) is 0. The molecule has 0 spiro atoms. The summed E-state index contributed by atoms with van der Waals surface area (Å²) in [6.45, 7) is 3.27. The molecule has 1 unspecified atom stereocenters. The minimum atomic E-state index is -3.42. The molecule has 0 bridgehead atoms. The van der Waals surface area contributed by atoms with E-state index in [1.165, 1.54) is 4.31 Å². The molecule has 5 nitrogen and oxygen atoms in total. The maximum atomic E-state index is 12.3. The maximum Gasteiger partial charge on any atom is 0.301 e. The second-order valence-corrected chi connectivity index (χ2v) is 6.87. The van der Waals surface area contributed by atoms with Crippen LogP contribution in [0, 0.1) is 0 Å². The lowest BCUT2D eigenvalue weighted by molar-refractivity contribution is 0.349. The largest absolute Gasteiger partial charge is 0.313 e. The van der Waals surface area contributed by atoms with Gasteiger partial charge < -0.3 is 5.32 Å². The first kappa shape index (κ1) is 15.3. The smallest absolute Gasteiger partial charge is 0.301 e. The highest BCUT2D eigenvalue weighted by Gasteiger charge is 2.23. The van der Waals surface area contributed by atoms with Crippen LogP contribution in [0.1, 0.15) is 37.8 Å². The topological polar surface area (TPSA) is 61.4 Å². The number of hydrogen-bond donors (Lipinski definition) is 2. The van der Waals surface area contributed by atoms with Gasteiger partial charge >= 0.3 is 10.2 Å². The second-order valence-electron chi connectivity index (χ2n) is 5.20. The van der Waals surface area contributed by atoms with Gasteiger partial charge in [0.05, 0.1) is 5.69 Å². The molecule has 1 heterocycles. The van der Waals surface area contributed by atoms with Crippen LogP contribution in [-0.2, 0) is 10.2 Å². The van der Waals surface area contributed by atoms with Gasteiger partial charge in [-0.25, -0.2) is 0 Å². The molecule has 1 fully saturated rings. The monoisotopic (exact) mass is 297 g/mol. The lowest BCUT2D eigenvalue weighted by Crippen LogP contribution is -2.39. The van der Waals surface area contributed by atoms with E-state index in [1.807, 2.05) is 32.2 Å². The molecule has 2 N–H and O–H groups in total. The van der Waals surface area contributed by atoms with E-state index < -0.39 is 10.2 Å². The third-order valence-electron chi connectivity index (χ3n) is 3.72. The fraction of sp³-hybridized carbons (Fsp3) is 0.571. The van der Waals surface area contributed by atoms with Gasteiger partial charge in [0, 0.05) is 19.1 Å². The Bertz CT molecular complexity index is 539. The Balaban J connectivity index is 2.12. The fourth-order valence-corrected chi connectivity index (χ4v) is 3.65. The zero-order valence-corrected chi connectivity index (χ0v) is 12.9. The third-order valence-corrected chi connectivity index (χ3v) is 5.26. The molecule has 1 atom stereocenters. The number of hydrogen-bond acceptors (Lipinski definition) is 3. The summed E-state index contributed by atoms with van der Waals surface area (Å²) < 4.78 is 28.8. The van der Waals surface area contributed by atoms with Crippen LogP contribution < -0.4 is 10.0 Å². The van der Waals surface area contributed by atoms with Crippen molar-refractivity contribution in [3.05, 3.63) is 29.8 Å². The van der Waals surface area contributed by atoms with Gasteiger partial charge in [-0.3, -0.25) is 4.72 Å². The molecule has 1 aliphatic heterocycles. The average molecular weight is 297 g/mol. The molecule has 6 heteroatoms. The van der Waals surface area contributed by atoms with Crippen LogP contribution >= 0.6 is 0 Å². The van der Waals surface area contributed by atoms with Crippen molar-refractivity contribution < 1.29 is 8.42 Å². The molecule has 1 aliphatic rings. The number of piperidine rings is 1. The van der Waals surface area contributed by atoms with Crippen molar-refractivity contribution in [3.63, 3.8) is 0 Å². The van der Waals surface area contributed by atoms with Crippen LogP contribution in [0.25, 0.3) is 0 Å². The van der Waals surface area contributed by atoms with Gasteiger partial charge in [-0.2, -0.15) is 12.7 Å². The zero-order valence-electron chi connectivity index (χ0n) is 12.1. The molecule has 0 saturated carbocycles. The summed E-state index contributed by atoms with van der Waals surface area (Å²) in [7, 11) is -1.54. The Labute approximate surface area is 121 Å². The normalized spacial score (nSPS) is 18.7. The molecule has 0 aromatic heterocycles. The molecule has 0 amide bonds. The first-order chi connectivity index (χ1) is 9.53. The Morgan fingerprint density at radius 3 is 2.55 bits per heavy atom. The first-order valence-electron chi connectivity index (χ1n) is 7.08. The molecule has 1 saturated heterocycles. The van der Waals surface area contributed by atoms with Crippen LogP contribution in [0.3, 0.4) is 0 Å². The molecule has 20 heavy (non-hydrogen) atoms. The van der Waals surface area contributed by atoms with E-state index in [0.717, 1.165) is 24.8 Å².